The van der Waals surface area contributed by atoms with E-state index in [0.717, 1.165) is 5.75 Å². The minimum absolute atomic E-state index is 0.0467. The maximum atomic E-state index is 10.6. The van der Waals surface area contributed by atoms with Crippen LogP contribution < -0.4 is 16.6 Å². The highest BCUT2D eigenvalue weighted by Gasteiger charge is 2.10. The fourth-order valence-corrected chi connectivity index (χ4v) is 1.37. The van der Waals surface area contributed by atoms with Gasteiger partial charge in [0.15, 0.2) is 0 Å². The predicted molar refractivity (Wildman–Crippen MR) is 65.6 cm³/mol. The SMILES string of the molecule is CSCCNc1cc([N+](=O)[O-])cc(NN)n1. The summed E-state index contributed by atoms with van der Waals surface area (Å²) in [5.74, 6) is 6.78. The number of pyridine rings is 1. The molecule has 0 atom stereocenters. The summed E-state index contributed by atoms with van der Waals surface area (Å²) in [5, 5.41) is 13.6. The van der Waals surface area contributed by atoms with E-state index in [4.69, 9.17) is 5.84 Å². The average molecular weight is 243 g/mol. The van der Waals surface area contributed by atoms with Crippen molar-refractivity contribution in [1.82, 2.24) is 4.98 Å². The summed E-state index contributed by atoms with van der Waals surface area (Å²) in [6.45, 7) is 0.694. The Kier molecular flexibility index (Phi) is 4.80. The second-order valence-electron chi connectivity index (χ2n) is 2.92. The molecule has 1 heterocycles. The van der Waals surface area contributed by atoms with Crippen LogP contribution in [-0.4, -0.2) is 28.5 Å². The van der Waals surface area contributed by atoms with E-state index in [9.17, 15) is 10.1 Å². The zero-order valence-electron chi connectivity index (χ0n) is 8.77. The normalized spacial score (nSPS) is 9.88. The number of nitro groups is 1. The van der Waals surface area contributed by atoms with E-state index in [0.29, 0.717) is 12.4 Å². The average Bonchev–Trinajstić information content (AvgIpc) is 2.29. The van der Waals surface area contributed by atoms with Crippen LogP contribution in [0.1, 0.15) is 0 Å². The first kappa shape index (κ1) is 12.5. The summed E-state index contributed by atoms with van der Waals surface area (Å²) >= 11 is 1.68. The van der Waals surface area contributed by atoms with Gasteiger partial charge in [-0.15, -0.1) is 0 Å². The molecule has 0 spiro atoms. The molecule has 0 amide bonds. The lowest BCUT2D eigenvalue weighted by Gasteiger charge is -2.06. The highest BCUT2D eigenvalue weighted by atomic mass is 32.2. The number of nitrogens with two attached hydrogens (primary N) is 1. The Balaban J connectivity index is 2.82. The van der Waals surface area contributed by atoms with Gasteiger partial charge in [-0.2, -0.15) is 11.8 Å². The number of hydrogen-bond acceptors (Lipinski definition) is 7. The topological polar surface area (TPSA) is 106 Å². The zero-order valence-corrected chi connectivity index (χ0v) is 9.58. The van der Waals surface area contributed by atoms with Crippen LogP contribution in [0.3, 0.4) is 0 Å². The molecule has 0 radical (unpaired) electrons. The number of hydrazine groups is 1. The molecule has 0 aliphatic heterocycles. The number of rotatable bonds is 6. The van der Waals surface area contributed by atoms with Gasteiger partial charge in [-0.05, 0) is 6.26 Å². The number of aromatic nitrogens is 1. The third-order valence-electron chi connectivity index (χ3n) is 1.78. The summed E-state index contributed by atoms with van der Waals surface area (Å²) in [4.78, 5) is 14.2. The maximum absolute atomic E-state index is 10.6. The highest BCUT2D eigenvalue weighted by Crippen LogP contribution is 2.19. The van der Waals surface area contributed by atoms with Gasteiger partial charge in [0, 0.05) is 12.3 Å². The molecule has 4 N–H and O–H groups in total. The van der Waals surface area contributed by atoms with Gasteiger partial charge < -0.3 is 10.7 Å². The molecule has 7 nitrogen and oxygen atoms in total. The lowest BCUT2D eigenvalue weighted by Crippen LogP contribution is -2.11. The van der Waals surface area contributed by atoms with E-state index < -0.39 is 4.92 Å². The van der Waals surface area contributed by atoms with Gasteiger partial charge in [0.1, 0.15) is 11.6 Å². The number of hydrogen-bond donors (Lipinski definition) is 3. The molecule has 0 fully saturated rings. The lowest BCUT2D eigenvalue weighted by atomic mass is 10.3. The Morgan fingerprint density at radius 2 is 2.25 bits per heavy atom. The Morgan fingerprint density at radius 3 is 2.81 bits per heavy atom. The molecular formula is C8H13N5O2S. The van der Waals surface area contributed by atoms with Gasteiger partial charge in [0.25, 0.3) is 5.69 Å². The molecule has 1 aromatic rings. The standard InChI is InChI=1S/C8H13N5O2S/c1-16-3-2-10-7-4-6(13(14)15)5-8(11-7)12-9/h4-5H,2-3,9H2,1H3,(H2,10,11,12). The van der Waals surface area contributed by atoms with Crippen molar-refractivity contribution in [3.05, 3.63) is 22.2 Å². The highest BCUT2D eigenvalue weighted by molar-refractivity contribution is 7.98. The van der Waals surface area contributed by atoms with Crippen molar-refractivity contribution in [2.45, 2.75) is 0 Å². The fourth-order valence-electron chi connectivity index (χ4n) is 1.07. The fraction of sp³-hybridized carbons (Fsp3) is 0.375. The number of thioether (sulfide) groups is 1. The van der Waals surface area contributed by atoms with Crippen molar-refractivity contribution in [2.24, 2.45) is 5.84 Å². The van der Waals surface area contributed by atoms with E-state index in [2.05, 4.69) is 15.7 Å². The first-order valence-electron chi connectivity index (χ1n) is 4.53. The van der Waals surface area contributed by atoms with Crippen molar-refractivity contribution in [3.63, 3.8) is 0 Å². The van der Waals surface area contributed by atoms with Crippen LogP contribution in [0.5, 0.6) is 0 Å². The second-order valence-corrected chi connectivity index (χ2v) is 3.90. The van der Waals surface area contributed by atoms with Crippen LogP contribution in [0.15, 0.2) is 12.1 Å². The lowest BCUT2D eigenvalue weighted by molar-refractivity contribution is -0.384. The number of anilines is 2. The van der Waals surface area contributed by atoms with Crippen LogP contribution in [-0.2, 0) is 0 Å². The Hall–Kier alpha value is -1.54. The van der Waals surface area contributed by atoms with E-state index in [-0.39, 0.29) is 11.5 Å². The van der Waals surface area contributed by atoms with Gasteiger partial charge in [0.05, 0.1) is 17.1 Å². The second kappa shape index (κ2) is 6.13. The Morgan fingerprint density at radius 1 is 1.56 bits per heavy atom. The summed E-state index contributed by atoms with van der Waals surface area (Å²) < 4.78 is 0. The van der Waals surface area contributed by atoms with Gasteiger partial charge in [-0.3, -0.25) is 10.1 Å². The molecule has 16 heavy (non-hydrogen) atoms. The van der Waals surface area contributed by atoms with E-state index >= 15 is 0 Å². The van der Waals surface area contributed by atoms with Gasteiger partial charge in [-0.25, -0.2) is 10.8 Å². The van der Waals surface area contributed by atoms with Crippen molar-refractivity contribution in [2.75, 3.05) is 29.3 Å². The molecule has 8 heteroatoms. The molecule has 1 rings (SSSR count). The molecule has 0 saturated carbocycles. The van der Waals surface area contributed by atoms with E-state index in [1.165, 1.54) is 12.1 Å². The number of nitrogens with zero attached hydrogens (tertiary/aromatic N) is 2. The molecule has 0 saturated heterocycles. The van der Waals surface area contributed by atoms with Crippen molar-refractivity contribution in [3.8, 4) is 0 Å². The van der Waals surface area contributed by atoms with E-state index in [1.807, 2.05) is 6.26 Å². The summed E-state index contributed by atoms with van der Waals surface area (Å²) in [6.07, 6.45) is 1.98. The van der Waals surface area contributed by atoms with Crippen molar-refractivity contribution >= 4 is 29.1 Å². The minimum Gasteiger partial charge on any atom is -0.369 e. The third-order valence-corrected chi connectivity index (χ3v) is 2.39. The molecule has 0 unspecified atom stereocenters. The molecular weight excluding hydrogens is 230 g/mol. The first-order chi connectivity index (χ1) is 7.67. The van der Waals surface area contributed by atoms with Crippen molar-refractivity contribution in [1.29, 1.82) is 0 Å². The Labute approximate surface area is 96.9 Å². The summed E-state index contributed by atoms with van der Waals surface area (Å²) in [5.41, 5.74) is 2.25. The predicted octanol–water partition coefficient (Wildman–Crippen LogP) is 1.05. The smallest absolute Gasteiger partial charge is 0.276 e. The van der Waals surface area contributed by atoms with Crippen LogP contribution in [0.2, 0.25) is 0 Å². The monoisotopic (exact) mass is 243 g/mol. The molecule has 88 valence electrons. The van der Waals surface area contributed by atoms with Crippen LogP contribution in [0.4, 0.5) is 17.3 Å². The van der Waals surface area contributed by atoms with Crippen molar-refractivity contribution < 1.29 is 4.92 Å². The van der Waals surface area contributed by atoms with Crippen LogP contribution >= 0.6 is 11.8 Å². The summed E-state index contributed by atoms with van der Waals surface area (Å²) in [7, 11) is 0. The molecule has 1 aromatic heterocycles. The van der Waals surface area contributed by atoms with E-state index in [1.54, 1.807) is 11.8 Å². The zero-order chi connectivity index (χ0) is 12.0. The first-order valence-corrected chi connectivity index (χ1v) is 5.92. The maximum Gasteiger partial charge on any atom is 0.276 e. The van der Waals surface area contributed by atoms with Gasteiger partial charge in [0.2, 0.25) is 0 Å². The van der Waals surface area contributed by atoms with Crippen LogP contribution in [0, 0.1) is 10.1 Å². The quantitative estimate of drug-likeness (QED) is 0.297. The largest absolute Gasteiger partial charge is 0.369 e. The van der Waals surface area contributed by atoms with Gasteiger partial charge >= 0.3 is 0 Å². The molecule has 0 aliphatic rings. The van der Waals surface area contributed by atoms with Gasteiger partial charge in [-0.1, -0.05) is 0 Å². The molecule has 0 bridgehead atoms. The molecule has 0 aliphatic carbocycles. The molecule has 0 aromatic carbocycles. The summed E-state index contributed by atoms with van der Waals surface area (Å²) in [6, 6.07) is 2.65. The Bertz CT molecular complexity index is 373. The number of nitrogen functional groups attached to an aromatic ring is 1. The minimum atomic E-state index is -0.484. The van der Waals surface area contributed by atoms with Crippen LogP contribution in [0.25, 0.3) is 0 Å². The number of nitrogens with one attached hydrogen (secondary N) is 2. The third kappa shape index (κ3) is 3.55.